The quantitative estimate of drug-likeness (QED) is 0.560. The van der Waals surface area contributed by atoms with E-state index in [0.717, 1.165) is 10.8 Å². The highest BCUT2D eigenvalue weighted by atomic mass is 35.5. The van der Waals surface area contributed by atoms with Crippen LogP contribution in [0.1, 0.15) is 15.9 Å². The molecule has 0 radical (unpaired) electrons. The van der Waals surface area contributed by atoms with Crippen molar-refractivity contribution in [1.29, 1.82) is 0 Å². The highest BCUT2D eigenvalue weighted by Gasteiger charge is 2.08. The molecule has 5 nitrogen and oxygen atoms in total. The molecular weight excluding hydrogens is 328 g/mol. The molecule has 3 rings (SSSR count). The van der Waals surface area contributed by atoms with Gasteiger partial charge in [-0.15, -0.1) is 0 Å². The number of anilines is 1. The Bertz CT molecular complexity index is 954. The zero-order valence-electron chi connectivity index (χ0n) is 12.4. The predicted octanol–water partition coefficient (Wildman–Crippen LogP) is 3.71. The Labute approximate surface area is 142 Å². The lowest BCUT2D eigenvalue weighted by Gasteiger charge is -2.12. The highest BCUT2D eigenvalue weighted by molar-refractivity contribution is 6.33. The predicted molar refractivity (Wildman–Crippen MR) is 93.0 cm³/mol. The summed E-state index contributed by atoms with van der Waals surface area (Å²) in [6.07, 6.45) is 1.43. The van der Waals surface area contributed by atoms with Crippen LogP contribution in [0.3, 0.4) is 0 Å². The number of carbonyl (C=O) groups is 1. The van der Waals surface area contributed by atoms with Crippen molar-refractivity contribution in [3.05, 3.63) is 70.7 Å². The van der Waals surface area contributed by atoms with Gasteiger partial charge in [-0.1, -0.05) is 53.7 Å². The van der Waals surface area contributed by atoms with Crippen LogP contribution < -0.4 is 10.5 Å². The maximum absolute atomic E-state index is 12.0. The molecule has 0 saturated carbocycles. The molecule has 0 bridgehead atoms. The lowest BCUT2D eigenvalue weighted by Crippen LogP contribution is -2.00. The topological polar surface area (TPSA) is 84.8 Å². The summed E-state index contributed by atoms with van der Waals surface area (Å²) in [6.45, 7) is 0. The molecule has 0 aliphatic heterocycles. The fourth-order valence-electron chi connectivity index (χ4n) is 2.34. The smallest absolute Gasteiger partial charge is 0.337 e. The summed E-state index contributed by atoms with van der Waals surface area (Å²) in [5.41, 5.74) is 3.62. The van der Waals surface area contributed by atoms with Crippen molar-refractivity contribution in [3.63, 3.8) is 0 Å². The molecule has 0 spiro atoms. The maximum Gasteiger partial charge on any atom is 0.337 e. The van der Waals surface area contributed by atoms with E-state index >= 15 is 0 Å². The molecule has 2 N–H and O–H groups in total. The van der Waals surface area contributed by atoms with Gasteiger partial charge in [0.05, 0.1) is 22.5 Å². The fraction of sp³-hybridized carbons (Fsp3) is 0. The molecule has 0 aromatic heterocycles. The molecule has 0 atom stereocenters. The number of halogens is 1. The molecule has 0 unspecified atom stereocenters. The van der Waals surface area contributed by atoms with Gasteiger partial charge in [0.15, 0.2) is 0 Å². The largest absolute Gasteiger partial charge is 0.872 e. The Hall–Kier alpha value is -3.05. The number of nitrogens with zero attached hydrogens (tertiary/aromatic N) is 1. The molecular formula is C18H12ClN2O3-. The summed E-state index contributed by atoms with van der Waals surface area (Å²) in [6, 6.07) is 15.2. The number of hydrogen-bond donors (Lipinski definition) is 2. The summed E-state index contributed by atoms with van der Waals surface area (Å²) < 4.78 is 0. The summed E-state index contributed by atoms with van der Waals surface area (Å²) in [7, 11) is 0. The molecule has 0 aliphatic carbocycles. The van der Waals surface area contributed by atoms with Crippen LogP contribution in [0.5, 0.6) is 5.75 Å². The van der Waals surface area contributed by atoms with Gasteiger partial charge in [0, 0.05) is 0 Å². The molecule has 120 valence electrons. The van der Waals surface area contributed by atoms with Gasteiger partial charge in [-0.2, -0.15) is 5.10 Å². The monoisotopic (exact) mass is 339 g/mol. The fourth-order valence-corrected chi connectivity index (χ4v) is 2.54. The normalized spacial score (nSPS) is 11.0. The van der Waals surface area contributed by atoms with Gasteiger partial charge in [0.1, 0.15) is 0 Å². The first-order valence-corrected chi connectivity index (χ1v) is 7.45. The van der Waals surface area contributed by atoms with Gasteiger partial charge in [-0.3, -0.25) is 5.43 Å². The van der Waals surface area contributed by atoms with Crippen molar-refractivity contribution in [2.24, 2.45) is 5.10 Å². The van der Waals surface area contributed by atoms with E-state index in [9.17, 15) is 9.90 Å². The van der Waals surface area contributed by atoms with Crippen molar-refractivity contribution >= 4 is 40.2 Å². The first kappa shape index (κ1) is 15.8. The zero-order valence-corrected chi connectivity index (χ0v) is 13.1. The first-order valence-electron chi connectivity index (χ1n) is 7.07. The molecule has 0 heterocycles. The van der Waals surface area contributed by atoms with Crippen LogP contribution in [0, 0.1) is 0 Å². The number of hydrogen-bond acceptors (Lipinski definition) is 4. The molecule has 3 aromatic rings. The summed E-state index contributed by atoms with van der Waals surface area (Å²) in [5, 5.41) is 27.0. The van der Waals surface area contributed by atoms with Gasteiger partial charge in [-0.25, -0.2) is 4.79 Å². The number of hydrazone groups is 1. The van der Waals surface area contributed by atoms with Crippen LogP contribution in [-0.4, -0.2) is 17.3 Å². The minimum Gasteiger partial charge on any atom is -0.872 e. The molecule has 0 saturated heterocycles. The third-order valence-corrected chi connectivity index (χ3v) is 3.84. The second kappa shape index (κ2) is 6.60. The zero-order chi connectivity index (χ0) is 17.1. The molecule has 0 aliphatic rings. The van der Waals surface area contributed by atoms with E-state index in [1.54, 1.807) is 12.1 Å². The third-order valence-electron chi connectivity index (χ3n) is 3.51. The van der Waals surface area contributed by atoms with Crippen LogP contribution in [0.2, 0.25) is 5.02 Å². The van der Waals surface area contributed by atoms with Crippen LogP contribution in [0.25, 0.3) is 10.8 Å². The standard InChI is InChI=1S/C18H13ClN2O3/c19-16-7-6-12(9-14(16)18(23)24)21-20-10-15-13-4-2-1-3-11(13)5-8-17(15)22/h1-10,21-22H,(H,23,24)/p-1/b20-10+. The van der Waals surface area contributed by atoms with Crippen molar-refractivity contribution < 1.29 is 15.0 Å². The lowest BCUT2D eigenvalue weighted by molar-refractivity contribution is -0.268. The number of fused-ring (bicyclic) bond motifs is 1. The number of carboxylic acids is 1. The van der Waals surface area contributed by atoms with Gasteiger partial charge in [0.2, 0.25) is 0 Å². The number of benzene rings is 3. The molecule has 3 aromatic carbocycles. The van der Waals surface area contributed by atoms with Crippen LogP contribution in [0.4, 0.5) is 5.69 Å². The highest BCUT2D eigenvalue weighted by Crippen LogP contribution is 2.24. The Balaban J connectivity index is 1.89. The van der Waals surface area contributed by atoms with Crippen molar-refractivity contribution in [2.45, 2.75) is 0 Å². The number of rotatable bonds is 4. The van der Waals surface area contributed by atoms with E-state index in [1.165, 1.54) is 24.4 Å². The molecule has 0 fully saturated rings. The van der Waals surface area contributed by atoms with Crippen molar-refractivity contribution in [1.82, 2.24) is 0 Å². The van der Waals surface area contributed by atoms with Crippen molar-refractivity contribution in [2.75, 3.05) is 5.43 Å². The van der Waals surface area contributed by atoms with E-state index < -0.39 is 5.97 Å². The minimum atomic E-state index is -1.12. The van der Waals surface area contributed by atoms with Gasteiger partial charge in [-0.05, 0) is 34.5 Å². The Morgan fingerprint density at radius 2 is 1.96 bits per heavy atom. The van der Waals surface area contributed by atoms with E-state index in [-0.39, 0.29) is 16.3 Å². The van der Waals surface area contributed by atoms with Crippen LogP contribution in [0.15, 0.2) is 59.7 Å². The Morgan fingerprint density at radius 3 is 2.75 bits per heavy atom. The van der Waals surface area contributed by atoms with Crippen LogP contribution >= 0.6 is 11.6 Å². The molecule has 6 heteroatoms. The summed E-state index contributed by atoms with van der Waals surface area (Å²) in [5.74, 6) is -1.26. The van der Waals surface area contributed by atoms with Gasteiger partial charge < -0.3 is 10.2 Å². The van der Waals surface area contributed by atoms with Crippen LogP contribution in [-0.2, 0) is 0 Å². The van der Waals surface area contributed by atoms with Gasteiger partial charge in [0.25, 0.3) is 0 Å². The summed E-state index contributed by atoms with van der Waals surface area (Å²) >= 11 is 5.82. The summed E-state index contributed by atoms with van der Waals surface area (Å²) in [4.78, 5) is 11.1. The van der Waals surface area contributed by atoms with E-state index in [4.69, 9.17) is 16.7 Å². The molecule has 0 amide bonds. The third kappa shape index (κ3) is 3.16. The second-order valence-corrected chi connectivity index (χ2v) is 5.48. The number of aromatic carboxylic acids is 1. The first-order chi connectivity index (χ1) is 11.6. The Morgan fingerprint density at radius 1 is 1.17 bits per heavy atom. The Kier molecular flexibility index (Phi) is 4.35. The number of nitrogens with one attached hydrogen (secondary N) is 1. The van der Waals surface area contributed by atoms with E-state index in [2.05, 4.69) is 10.5 Å². The minimum absolute atomic E-state index is 0.0217. The average molecular weight is 340 g/mol. The SMILES string of the molecule is O=C(O)c1cc(N/N=C/c2c([O-])ccc3ccccc23)ccc1Cl. The van der Waals surface area contributed by atoms with E-state index in [1.807, 2.05) is 24.3 Å². The average Bonchev–Trinajstić information content (AvgIpc) is 2.58. The van der Waals surface area contributed by atoms with E-state index in [0.29, 0.717) is 11.3 Å². The maximum atomic E-state index is 12.0. The van der Waals surface area contributed by atoms with Gasteiger partial charge >= 0.3 is 5.97 Å². The lowest BCUT2D eigenvalue weighted by atomic mass is 10.0. The molecule has 24 heavy (non-hydrogen) atoms. The number of carboxylic acid groups (broad SMARTS) is 1. The second-order valence-electron chi connectivity index (χ2n) is 5.07. The van der Waals surface area contributed by atoms with Crippen molar-refractivity contribution in [3.8, 4) is 5.75 Å².